The summed E-state index contributed by atoms with van der Waals surface area (Å²) >= 11 is 0. The average molecular weight is 481 g/mol. The Labute approximate surface area is 198 Å². The number of aromatic amines is 1. The molecule has 1 aliphatic heterocycles. The van der Waals surface area contributed by atoms with Crippen LogP contribution < -0.4 is 4.90 Å². The van der Waals surface area contributed by atoms with Gasteiger partial charge in [-0.25, -0.2) is 9.97 Å². The number of piperazine rings is 1. The van der Waals surface area contributed by atoms with Crippen molar-refractivity contribution in [3.8, 4) is 11.4 Å². The molecule has 1 aliphatic rings. The summed E-state index contributed by atoms with van der Waals surface area (Å²) in [7, 11) is 0. The summed E-state index contributed by atoms with van der Waals surface area (Å²) in [5.74, 6) is 0.835. The van der Waals surface area contributed by atoms with Crippen molar-refractivity contribution in [1.82, 2.24) is 19.9 Å². The number of hydrogen-bond donors (Lipinski definition) is 2. The SMILES string of the molecule is O=C(C(O)c1ccccc1)N1CCN(c2ccc(-c3nc4ccc(C(F)(F)F)cc4[nH]3)cn2)CC1. The van der Waals surface area contributed by atoms with E-state index in [2.05, 4.69) is 15.0 Å². The third-order valence-corrected chi connectivity index (χ3v) is 6.10. The van der Waals surface area contributed by atoms with Crippen LogP contribution in [0, 0.1) is 0 Å². The number of amides is 1. The molecule has 1 atom stereocenters. The van der Waals surface area contributed by atoms with Gasteiger partial charge < -0.3 is 19.9 Å². The number of rotatable bonds is 4. The van der Waals surface area contributed by atoms with Gasteiger partial charge in [-0.1, -0.05) is 30.3 Å². The number of fused-ring (bicyclic) bond motifs is 1. The molecule has 4 aromatic rings. The molecule has 0 saturated carbocycles. The highest BCUT2D eigenvalue weighted by atomic mass is 19.4. The number of nitrogens with one attached hydrogen (secondary N) is 1. The van der Waals surface area contributed by atoms with Crippen molar-refractivity contribution in [3.05, 3.63) is 78.0 Å². The summed E-state index contributed by atoms with van der Waals surface area (Å²) in [6.45, 7) is 2.03. The lowest BCUT2D eigenvalue weighted by atomic mass is 10.1. The maximum Gasteiger partial charge on any atom is 0.416 e. The summed E-state index contributed by atoms with van der Waals surface area (Å²) in [5, 5.41) is 10.4. The Kier molecular flexibility index (Phi) is 5.89. The van der Waals surface area contributed by atoms with Gasteiger partial charge in [-0.05, 0) is 35.9 Å². The normalized spacial score (nSPS) is 15.4. The van der Waals surface area contributed by atoms with Crippen molar-refractivity contribution in [2.45, 2.75) is 12.3 Å². The maximum atomic E-state index is 13.0. The van der Waals surface area contributed by atoms with Gasteiger partial charge in [0, 0.05) is 37.9 Å². The van der Waals surface area contributed by atoms with E-state index < -0.39 is 17.8 Å². The summed E-state index contributed by atoms with van der Waals surface area (Å²) in [5.41, 5.74) is 1.23. The van der Waals surface area contributed by atoms with Gasteiger partial charge in [0.1, 0.15) is 11.6 Å². The monoisotopic (exact) mass is 481 g/mol. The minimum Gasteiger partial charge on any atom is -0.378 e. The molecule has 10 heteroatoms. The molecule has 0 spiro atoms. The number of alkyl halides is 3. The van der Waals surface area contributed by atoms with Crippen molar-refractivity contribution >= 4 is 22.8 Å². The molecule has 2 aromatic heterocycles. The third kappa shape index (κ3) is 4.69. The highest BCUT2D eigenvalue weighted by Gasteiger charge is 2.31. The van der Waals surface area contributed by atoms with Gasteiger partial charge in [0.15, 0.2) is 6.10 Å². The number of H-pyrrole nitrogens is 1. The fraction of sp³-hybridized carbons (Fsp3) is 0.240. The van der Waals surface area contributed by atoms with Gasteiger partial charge in [-0.3, -0.25) is 4.79 Å². The Morgan fingerprint density at radius 2 is 1.74 bits per heavy atom. The standard InChI is InChI=1S/C25H22F3N5O2/c26-25(27,28)18-7-8-19-20(14-18)31-23(30-19)17-6-9-21(29-15-17)32-10-12-33(13-11-32)24(35)22(34)16-4-2-1-3-5-16/h1-9,14-15,22,34H,10-13H2,(H,30,31). The number of nitrogens with zero attached hydrogens (tertiary/aromatic N) is 4. The Balaban J connectivity index is 1.24. The first kappa shape index (κ1) is 22.9. The third-order valence-electron chi connectivity index (χ3n) is 6.10. The molecule has 7 nitrogen and oxygen atoms in total. The first-order valence-corrected chi connectivity index (χ1v) is 11.1. The van der Waals surface area contributed by atoms with Gasteiger partial charge in [0.05, 0.1) is 16.6 Å². The van der Waals surface area contributed by atoms with Crippen LogP contribution in [0.5, 0.6) is 0 Å². The molecule has 0 radical (unpaired) electrons. The highest BCUT2D eigenvalue weighted by Crippen LogP contribution is 2.32. The number of imidazole rings is 1. The number of anilines is 1. The number of carbonyl (C=O) groups excluding carboxylic acids is 1. The zero-order chi connectivity index (χ0) is 24.6. The van der Waals surface area contributed by atoms with Gasteiger partial charge >= 0.3 is 6.18 Å². The molecule has 1 amide bonds. The predicted molar refractivity (Wildman–Crippen MR) is 125 cm³/mol. The van der Waals surface area contributed by atoms with E-state index in [0.29, 0.717) is 54.2 Å². The first-order valence-electron chi connectivity index (χ1n) is 11.1. The van der Waals surface area contributed by atoms with Gasteiger partial charge in [0.2, 0.25) is 0 Å². The number of carbonyl (C=O) groups is 1. The van der Waals surface area contributed by atoms with E-state index in [0.717, 1.165) is 18.0 Å². The van der Waals surface area contributed by atoms with Crippen LogP contribution in [0.4, 0.5) is 19.0 Å². The number of hydrogen-bond acceptors (Lipinski definition) is 5. The average Bonchev–Trinajstić information content (AvgIpc) is 3.32. The molecule has 3 heterocycles. The number of aromatic nitrogens is 3. The molecule has 2 N–H and O–H groups in total. The van der Waals surface area contributed by atoms with Crippen molar-refractivity contribution in [2.75, 3.05) is 31.1 Å². The van der Waals surface area contributed by atoms with Gasteiger partial charge in [-0.15, -0.1) is 0 Å². The van der Waals surface area contributed by atoms with Crippen LogP contribution in [0.25, 0.3) is 22.4 Å². The zero-order valence-electron chi connectivity index (χ0n) is 18.5. The summed E-state index contributed by atoms with van der Waals surface area (Å²) in [6, 6.07) is 15.9. The Morgan fingerprint density at radius 1 is 1.00 bits per heavy atom. The topological polar surface area (TPSA) is 85.4 Å². The molecule has 1 fully saturated rings. The first-order chi connectivity index (χ1) is 16.8. The van der Waals surface area contributed by atoms with E-state index in [4.69, 9.17) is 0 Å². The van der Waals surface area contributed by atoms with Gasteiger partial charge in [-0.2, -0.15) is 13.2 Å². The largest absolute Gasteiger partial charge is 0.416 e. The summed E-state index contributed by atoms with van der Waals surface area (Å²) in [6.07, 6.45) is -3.98. The number of aliphatic hydroxyl groups excluding tert-OH is 1. The quantitative estimate of drug-likeness (QED) is 0.460. The molecule has 1 unspecified atom stereocenters. The smallest absolute Gasteiger partial charge is 0.378 e. The van der Waals surface area contributed by atoms with E-state index in [1.807, 2.05) is 17.0 Å². The van der Waals surface area contributed by atoms with Crippen molar-refractivity contribution in [2.24, 2.45) is 0 Å². The second-order valence-corrected chi connectivity index (χ2v) is 8.35. The second-order valence-electron chi connectivity index (χ2n) is 8.35. The minimum absolute atomic E-state index is 0.303. The van der Waals surface area contributed by atoms with E-state index in [1.165, 1.54) is 6.07 Å². The minimum atomic E-state index is -4.42. The number of pyridine rings is 1. The molecule has 0 bridgehead atoms. The van der Waals surface area contributed by atoms with Crippen molar-refractivity contribution in [3.63, 3.8) is 0 Å². The van der Waals surface area contributed by atoms with Crippen molar-refractivity contribution in [1.29, 1.82) is 0 Å². The Bertz CT molecular complexity index is 1330. The molecule has 0 aliphatic carbocycles. The highest BCUT2D eigenvalue weighted by molar-refractivity contribution is 5.82. The molecular weight excluding hydrogens is 459 g/mol. The Morgan fingerprint density at radius 3 is 2.40 bits per heavy atom. The molecule has 180 valence electrons. The molecule has 1 saturated heterocycles. The van der Waals surface area contributed by atoms with E-state index >= 15 is 0 Å². The number of aliphatic hydroxyl groups is 1. The lowest BCUT2D eigenvalue weighted by Gasteiger charge is -2.36. The van der Waals surface area contributed by atoms with E-state index in [9.17, 15) is 23.1 Å². The van der Waals surface area contributed by atoms with Crippen LogP contribution in [0.2, 0.25) is 0 Å². The second kappa shape index (κ2) is 9.03. The lowest BCUT2D eigenvalue weighted by Crippen LogP contribution is -2.50. The fourth-order valence-corrected chi connectivity index (χ4v) is 4.14. The van der Waals surface area contributed by atoms with Crippen LogP contribution in [0.15, 0.2) is 66.9 Å². The van der Waals surface area contributed by atoms with Crippen LogP contribution in [0.1, 0.15) is 17.2 Å². The molecule has 5 rings (SSSR count). The molecule has 2 aromatic carbocycles. The van der Waals surface area contributed by atoms with Gasteiger partial charge in [0.25, 0.3) is 5.91 Å². The fourth-order valence-electron chi connectivity index (χ4n) is 4.14. The predicted octanol–water partition coefficient (Wildman–Crippen LogP) is 4.03. The van der Waals surface area contributed by atoms with E-state index in [-0.39, 0.29) is 5.91 Å². The van der Waals surface area contributed by atoms with E-state index in [1.54, 1.807) is 41.4 Å². The number of benzene rings is 2. The zero-order valence-corrected chi connectivity index (χ0v) is 18.5. The summed E-state index contributed by atoms with van der Waals surface area (Å²) in [4.78, 5) is 28.1. The van der Waals surface area contributed by atoms with Crippen LogP contribution >= 0.6 is 0 Å². The molecular formula is C25H22F3N5O2. The number of halogens is 3. The van der Waals surface area contributed by atoms with Crippen LogP contribution in [0.3, 0.4) is 0 Å². The summed E-state index contributed by atoms with van der Waals surface area (Å²) < 4.78 is 38.9. The van der Waals surface area contributed by atoms with Crippen molar-refractivity contribution < 1.29 is 23.1 Å². The van der Waals surface area contributed by atoms with Crippen LogP contribution in [-0.2, 0) is 11.0 Å². The lowest BCUT2D eigenvalue weighted by molar-refractivity contribution is -0.141. The van der Waals surface area contributed by atoms with Crippen LogP contribution in [-0.4, -0.2) is 57.0 Å². The molecule has 35 heavy (non-hydrogen) atoms. The Hall–Kier alpha value is -3.92. The maximum absolute atomic E-state index is 13.0.